The molecule has 0 saturated heterocycles. The number of halogens is 3. The first kappa shape index (κ1) is 22.8. The van der Waals surface area contributed by atoms with Gasteiger partial charge in [0.2, 0.25) is 0 Å². The minimum absolute atomic E-state index is 0.175. The molecule has 0 aliphatic carbocycles. The highest BCUT2D eigenvalue weighted by molar-refractivity contribution is 5.64. The number of benzene rings is 3. The molecule has 4 heteroatoms. The maximum absolute atomic E-state index is 14.8. The molecule has 1 heterocycles. The topological polar surface area (TPSA) is 12.9 Å². The van der Waals surface area contributed by atoms with E-state index in [2.05, 4.69) is 11.9 Å². The standard InChI is InChI=1S/C29H26F3N/c1-3-4-21-9-16-27(33-18-21)25-15-14-23(28(31)29(25)32)13-8-20-6-11-22(12-7-20)24-10-5-19(2)26(30)17-24/h5-7,9-12,14-18H,3-4,8,13H2,1-2H3. The summed E-state index contributed by atoms with van der Waals surface area (Å²) >= 11 is 0. The first-order valence-corrected chi connectivity index (χ1v) is 11.2. The summed E-state index contributed by atoms with van der Waals surface area (Å²) in [7, 11) is 0. The fourth-order valence-corrected chi connectivity index (χ4v) is 3.92. The van der Waals surface area contributed by atoms with E-state index in [9.17, 15) is 13.2 Å². The van der Waals surface area contributed by atoms with Gasteiger partial charge in [0.05, 0.1) is 5.69 Å². The lowest BCUT2D eigenvalue weighted by molar-refractivity contribution is 0.500. The zero-order valence-corrected chi connectivity index (χ0v) is 18.8. The van der Waals surface area contributed by atoms with E-state index < -0.39 is 11.6 Å². The minimum Gasteiger partial charge on any atom is -0.256 e. The molecule has 0 fully saturated rings. The molecule has 0 atom stereocenters. The van der Waals surface area contributed by atoms with Crippen molar-refractivity contribution in [3.63, 3.8) is 0 Å². The third-order valence-electron chi connectivity index (χ3n) is 5.94. The van der Waals surface area contributed by atoms with Gasteiger partial charge in [-0.25, -0.2) is 13.2 Å². The number of hydrogen-bond donors (Lipinski definition) is 0. The van der Waals surface area contributed by atoms with Crippen molar-refractivity contribution in [1.29, 1.82) is 0 Å². The Bertz CT molecular complexity index is 1250. The van der Waals surface area contributed by atoms with Crippen molar-refractivity contribution in [2.75, 3.05) is 0 Å². The van der Waals surface area contributed by atoms with E-state index >= 15 is 0 Å². The number of nitrogens with zero attached hydrogens (tertiary/aromatic N) is 1. The largest absolute Gasteiger partial charge is 0.256 e. The Morgan fingerprint density at radius 3 is 2.09 bits per heavy atom. The molecule has 168 valence electrons. The summed E-state index contributed by atoms with van der Waals surface area (Å²) in [6, 6.07) is 19.8. The second kappa shape index (κ2) is 10.0. The van der Waals surface area contributed by atoms with Gasteiger partial charge in [0.25, 0.3) is 0 Å². The molecule has 0 unspecified atom stereocenters. The maximum Gasteiger partial charge on any atom is 0.168 e. The molecule has 0 N–H and O–H groups in total. The normalized spacial score (nSPS) is 11.1. The van der Waals surface area contributed by atoms with E-state index in [4.69, 9.17) is 0 Å². The Balaban J connectivity index is 1.46. The van der Waals surface area contributed by atoms with Crippen LogP contribution in [0.25, 0.3) is 22.4 Å². The number of rotatable bonds is 7. The van der Waals surface area contributed by atoms with Crippen LogP contribution in [0.3, 0.4) is 0 Å². The van der Waals surface area contributed by atoms with Crippen molar-refractivity contribution in [2.24, 2.45) is 0 Å². The van der Waals surface area contributed by atoms with Gasteiger partial charge in [-0.3, -0.25) is 4.98 Å². The van der Waals surface area contributed by atoms with E-state index in [1.165, 1.54) is 6.07 Å². The summed E-state index contributed by atoms with van der Waals surface area (Å²) < 4.78 is 43.4. The van der Waals surface area contributed by atoms with Gasteiger partial charge in [-0.1, -0.05) is 61.9 Å². The molecular formula is C29H26F3N. The van der Waals surface area contributed by atoms with E-state index in [0.29, 0.717) is 29.7 Å². The van der Waals surface area contributed by atoms with Gasteiger partial charge in [0.15, 0.2) is 11.6 Å². The fourth-order valence-electron chi connectivity index (χ4n) is 3.92. The van der Waals surface area contributed by atoms with Gasteiger partial charge >= 0.3 is 0 Å². The zero-order valence-electron chi connectivity index (χ0n) is 18.8. The quantitative estimate of drug-likeness (QED) is 0.282. The van der Waals surface area contributed by atoms with Crippen LogP contribution in [0.5, 0.6) is 0 Å². The summed E-state index contributed by atoms with van der Waals surface area (Å²) in [5.74, 6) is -1.91. The zero-order chi connectivity index (χ0) is 23.4. The second-order valence-corrected chi connectivity index (χ2v) is 8.36. The van der Waals surface area contributed by atoms with Crippen LogP contribution in [0.15, 0.2) is 72.9 Å². The summed E-state index contributed by atoms with van der Waals surface area (Å²) in [5.41, 5.74) is 5.36. The van der Waals surface area contributed by atoms with Gasteiger partial charge in [-0.2, -0.15) is 0 Å². The van der Waals surface area contributed by atoms with Gasteiger partial charge in [0.1, 0.15) is 5.82 Å². The van der Waals surface area contributed by atoms with E-state index in [0.717, 1.165) is 35.1 Å². The van der Waals surface area contributed by atoms with Gasteiger partial charge in [0, 0.05) is 11.8 Å². The average molecular weight is 446 g/mol. The summed E-state index contributed by atoms with van der Waals surface area (Å²) in [6.45, 7) is 3.82. The molecule has 0 bridgehead atoms. The number of aryl methyl sites for hydroxylation is 4. The Morgan fingerprint density at radius 1 is 0.697 bits per heavy atom. The highest BCUT2D eigenvalue weighted by Gasteiger charge is 2.15. The molecule has 0 aliphatic heterocycles. The van der Waals surface area contributed by atoms with E-state index in [-0.39, 0.29) is 11.4 Å². The molecule has 0 aliphatic rings. The molecule has 4 rings (SSSR count). The molecule has 0 amide bonds. The summed E-state index contributed by atoms with van der Waals surface area (Å²) in [5, 5.41) is 0. The highest BCUT2D eigenvalue weighted by Crippen LogP contribution is 2.27. The molecule has 1 nitrogen and oxygen atoms in total. The monoisotopic (exact) mass is 445 g/mol. The fraction of sp³-hybridized carbons (Fsp3) is 0.207. The van der Waals surface area contributed by atoms with Crippen LogP contribution in [-0.2, 0) is 19.3 Å². The van der Waals surface area contributed by atoms with Crippen LogP contribution in [0, 0.1) is 24.4 Å². The van der Waals surface area contributed by atoms with Gasteiger partial charge < -0.3 is 0 Å². The molecule has 0 spiro atoms. The van der Waals surface area contributed by atoms with Crippen molar-refractivity contribution < 1.29 is 13.2 Å². The van der Waals surface area contributed by atoms with Crippen LogP contribution in [0.2, 0.25) is 0 Å². The Kier molecular flexibility index (Phi) is 6.93. The smallest absolute Gasteiger partial charge is 0.168 e. The first-order chi connectivity index (χ1) is 16.0. The lowest BCUT2D eigenvalue weighted by Crippen LogP contribution is -2.00. The van der Waals surface area contributed by atoms with Crippen LogP contribution in [-0.4, -0.2) is 4.98 Å². The Hall–Kier alpha value is -3.40. The molecule has 4 aromatic rings. The Labute approximate surface area is 193 Å². The lowest BCUT2D eigenvalue weighted by Gasteiger charge is -2.10. The molecule has 1 aromatic heterocycles. The van der Waals surface area contributed by atoms with Crippen molar-refractivity contribution >= 4 is 0 Å². The van der Waals surface area contributed by atoms with Crippen molar-refractivity contribution in [2.45, 2.75) is 39.5 Å². The minimum atomic E-state index is -0.861. The van der Waals surface area contributed by atoms with Crippen molar-refractivity contribution in [3.05, 3.63) is 113 Å². The third kappa shape index (κ3) is 5.16. The predicted octanol–water partition coefficient (Wildman–Crippen LogP) is 7.88. The average Bonchev–Trinajstić information content (AvgIpc) is 2.83. The summed E-state index contributed by atoms with van der Waals surface area (Å²) in [4.78, 5) is 4.31. The number of aromatic nitrogens is 1. The third-order valence-corrected chi connectivity index (χ3v) is 5.94. The van der Waals surface area contributed by atoms with Crippen molar-refractivity contribution in [1.82, 2.24) is 4.98 Å². The molecular weight excluding hydrogens is 419 g/mol. The molecule has 33 heavy (non-hydrogen) atoms. The first-order valence-electron chi connectivity index (χ1n) is 11.2. The van der Waals surface area contributed by atoms with Crippen LogP contribution in [0.1, 0.15) is 35.6 Å². The lowest BCUT2D eigenvalue weighted by atomic mass is 9.98. The van der Waals surface area contributed by atoms with Crippen molar-refractivity contribution in [3.8, 4) is 22.4 Å². The van der Waals surface area contributed by atoms with Crippen LogP contribution < -0.4 is 0 Å². The molecule has 3 aromatic carbocycles. The van der Waals surface area contributed by atoms with E-state index in [1.54, 1.807) is 37.4 Å². The molecule has 0 saturated carbocycles. The molecule has 0 radical (unpaired) electrons. The summed E-state index contributed by atoms with van der Waals surface area (Å²) in [6.07, 6.45) is 4.59. The van der Waals surface area contributed by atoms with Gasteiger partial charge in [-0.15, -0.1) is 0 Å². The second-order valence-electron chi connectivity index (χ2n) is 8.36. The predicted molar refractivity (Wildman–Crippen MR) is 128 cm³/mol. The van der Waals surface area contributed by atoms with Crippen LogP contribution in [0.4, 0.5) is 13.2 Å². The van der Waals surface area contributed by atoms with Crippen LogP contribution >= 0.6 is 0 Å². The highest BCUT2D eigenvalue weighted by atomic mass is 19.2. The van der Waals surface area contributed by atoms with Gasteiger partial charge in [-0.05, 0) is 77.8 Å². The SMILES string of the molecule is CCCc1ccc(-c2ccc(CCc3ccc(-c4ccc(C)c(F)c4)cc3)c(F)c2F)nc1. The maximum atomic E-state index is 14.8. The van der Waals surface area contributed by atoms with E-state index in [1.807, 2.05) is 36.4 Å². The Morgan fingerprint density at radius 2 is 1.42 bits per heavy atom. The number of hydrogen-bond acceptors (Lipinski definition) is 1. The number of pyridine rings is 1.